The number of rotatable bonds is 3. The maximum absolute atomic E-state index is 13.8. The zero-order valence-electron chi connectivity index (χ0n) is 10.6. The van der Waals surface area contributed by atoms with Crippen molar-refractivity contribution in [2.75, 3.05) is 11.9 Å². The SMILES string of the molecule is CCNc1c(-c2c(F)cccc2F)c(C)nn1C. The molecule has 2 aromatic rings. The third-order valence-electron chi connectivity index (χ3n) is 2.78. The number of aryl methyl sites for hydroxylation is 2. The maximum atomic E-state index is 13.8. The van der Waals surface area contributed by atoms with Gasteiger partial charge in [-0.3, -0.25) is 4.68 Å². The van der Waals surface area contributed by atoms with Crippen LogP contribution in [0.4, 0.5) is 14.6 Å². The average Bonchev–Trinajstić information content (AvgIpc) is 2.56. The van der Waals surface area contributed by atoms with Crippen LogP contribution in [0, 0.1) is 18.6 Å². The molecule has 0 atom stereocenters. The Labute approximate surface area is 104 Å². The van der Waals surface area contributed by atoms with Gasteiger partial charge in [-0.2, -0.15) is 5.10 Å². The molecule has 3 nitrogen and oxygen atoms in total. The first kappa shape index (κ1) is 12.5. The Hall–Kier alpha value is -1.91. The lowest BCUT2D eigenvalue weighted by molar-refractivity contribution is 0.589. The molecule has 0 aliphatic rings. The lowest BCUT2D eigenvalue weighted by Crippen LogP contribution is -2.05. The average molecular weight is 251 g/mol. The minimum Gasteiger partial charge on any atom is -0.370 e. The zero-order valence-corrected chi connectivity index (χ0v) is 10.6. The van der Waals surface area contributed by atoms with E-state index in [4.69, 9.17) is 0 Å². The van der Waals surface area contributed by atoms with Gasteiger partial charge in [-0.15, -0.1) is 0 Å². The molecule has 1 N–H and O–H groups in total. The summed E-state index contributed by atoms with van der Waals surface area (Å²) >= 11 is 0. The van der Waals surface area contributed by atoms with E-state index in [1.165, 1.54) is 18.2 Å². The van der Waals surface area contributed by atoms with Crippen molar-refractivity contribution in [2.45, 2.75) is 13.8 Å². The molecule has 0 aliphatic carbocycles. The number of hydrogen-bond acceptors (Lipinski definition) is 2. The summed E-state index contributed by atoms with van der Waals surface area (Å²) in [5.41, 5.74) is 1.05. The van der Waals surface area contributed by atoms with Crippen LogP contribution in [0.2, 0.25) is 0 Å². The molecule has 96 valence electrons. The van der Waals surface area contributed by atoms with Crippen LogP contribution in [0.25, 0.3) is 11.1 Å². The second-order valence-corrected chi connectivity index (χ2v) is 4.06. The van der Waals surface area contributed by atoms with E-state index in [-0.39, 0.29) is 5.56 Å². The molecule has 5 heteroatoms. The van der Waals surface area contributed by atoms with Crippen molar-refractivity contribution in [3.8, 4) is 11.1 Å². The molecule has 0 unspecified atom stereocenters. The fourth-order valence-electron chi connectivity index (χ4n) is 2.06. The Balaban J connectivity index is 2.70. The van der Waals surface area contributed by atoms with Crippen molar-refractivity contribution >= 4 is 5.82 Å². The summed E-state index contributed by atoms with van der Waals surface area (Å²) in [7, 11) is 1.74. The van der Waals surface area contributed by atoms with Gasteiger partial charge in [0.15, 0.2) is 0 Å². The van der Waals surface area contributed by atoms with E-state index in [1.54, 1.807) is 18.7 Å². The van der Waals surface area contributed by atoms with Gasteiger partial charge in [-0.25, -0.2) is 8.78 Å². The monoisotopic (exact) mass is 251 g/mol. The molecule has 0 radical (unpaired) electrons. The van der Waals surface area contributed by atoms with Crippen molar-refractivity contribution in [1.29, 1.82) is 0 Å². The van der Waals surface area contributed by atoms with Crippen LogP contribution in [-0.4, -0.2) is 16.3 Å². The lowest BCUT2D eigenvalue weighted by atomic mass is 10.0. The summed E-state index contributed by atoms with van der Waals surface area (Å²) in [5.74, 6) is -0.533. The second kappa shape index (κ2) is 4.76. The summed E-state index contributed by atoms with van der Waals surface area (Å²) in [6.45, 7) is 4.31. The van der Waals surface area contributed by atoms with Gasteiger partial charge in [0.25, 0.3) is 0 Å². The number of benzene rings is 1. The molecule has 0 saturated heterocycles. The molecule has 0 fully saturated rings. The van der Waals surface area contributed by atoms with Gasteiger partial charge < -0.3 is 5.32 Å². The summed E-state index contributed by atoms with van der Waals surface area (Å²) in [5, 5.41) is 7.29. The highest BCUT2D eigenvalue weighted by Crippen LogP contribution is 2.34. The van der Waals surface area contributed by atoms with Crippen molar-refractivity contribution in [1.82, 2.24) is 9.78 Å². The van der Waals surface area contributed by atoms with E-state index in [1.807, 2.05) is 6.92 Å². The lowest BCUT2D eigenvalue weighted by Gasteiger charge is -2.09. The Bertz CT molecular complexity index is 556. The molecule has 18 heavy (non-hydrogen) atoms. The third kappa shape index (κ3) is 1.96. The van der Waals surface area contributed by atoms with Crippen LogP contribution in [-0.2, 0) is 7.05 Å². The molecule has 0 spiro atoms. The van der Waals surface area contributed by atoms with Crippen molar-refractivity contribution in [3.63, 3.8) is 0 Å². The number of hydrogen-bond donors (Lipinski definition) is 1. The molecular weight excluding hydrogens is 236 g/mol. The Morgan fingerprint density at radius 3 is 2.39 bits per heavy atom. The van der Waals surface area contributed by atoms with Gasteiger partial charge in [-0.1, -0.05) is 6.07 Å². The van der Waals surface area contributed by atoms with Crippen molar-refractivity contribution in [2.24, 2.45) is 7.05 Å². The molecule has 1 aromatic heterocycles. The number of nitrogens with one attached hydrogen (secondary N) is 1. The number of aromatic nitrogens is 2. The predicted octanol–water partition coefficient (Wildman–Crippen LogP) is 3.11. The Morgan fingerprint density at radius 1 is 1.22 bits per heavy atom. The smallest absolute Gasteiger partial charge is 0.134 e. The normalized spacial score (nSPS) is 10.7. The number of halogens is 2. The van der Waals surface area contributed by atoms with Gasteiger partial charge >= 0.3 is 0 Å². The number of anilines is 1. The highest BCUT2D eigenvalue weighted by Gasteiger charge is 2.20. The van der Waals surface area contributed by atoms with E-state index in [0.717, 1.165) is 0 Å². The molecule has 0 bridgehead atoms. The highest BCUT2D eigenvalue weighted by atomic mass is 19.1. The van der Waals surface area contributed by atoms with Gasteiger partial charge in [0.05, 0.1) is 16.8 Å². The van der Waals surface area contributed by atoms with Crippen LogP contribution in [0.5, 0.6) is 0 Å². The first-order valence-corrected chi connectivity index (χ1v) is 5.78. The summed E-state index contributed by atoms with van der Waals surface area (Å²) in [6.07, 6.45) is 0. The Morgan fingerprint density at radius 2 is 1.83 bits per heavy atom. The molecule has 1 heterocycles. The second-order valence-electron chi connectivity index (χ2n) is 4.06. The van der Waals surface area contributed by atoms with E-state index < -0.39 is 11.6 Å². The largest absolute Gasteiger partial charge is 0.370 e. The Kier molecular flexibility index (Phi) is 3.32. The molecule has 2 rings (SSSR count). The summed E-state index contributed by atoms with van der Waals surface area (Å²) < 4.78 is 29.3. The maximum Gasteiger partial charge on any atom is 0.134 e. The van der Waals surface area contributed by atoms with E-state index in [9.17, 15) is 8.78 Å². The fourth-order valence-corrected chi connectivity index (χ4v) is 2.06. The minimum atomic E-state index is -0.578. The van der Waals surface area contributed by atoms with E-state index in [2.05, 4.69) is 10.4 Å². The molecule has 0 saturated carbocycles. The summed E-state index contributed by atoms with van der Waals surface area (Å²) in [6, 6.07) is 3.86. The van der Waals surface area contributed by atoms with Gasteiger partial charge in [0, 0.05) is 13.6 Å². The van der Waals surface area contributed by atoms with Crippen LogP contribution in [0.1, 0.15) is 12.6 Å². The van der Waals surface area contributed by atoms with Gasteiger partial charge in [0.2, 0.25) is 0 Å². The van der Waals surface area contributed by atoms with Crippen molar-refractivity contribution < 1.29 is 8.78 Å². The van der Waals surface area contributed by atoms with E-state index >= 15 is 0 Å². The summed E-state index contributed by atoms with van der Waals surface area (Å²) in [4.78, 5) is 0. The highest BCUT2D eigenvalue weighted by molar-refractivity contribution is 5.78. The van der Waals surface area contributed by atoms with Gasteiger partial charge in [-0.05, 0) is 26.0 Å². The first-order chi connectivity index (χ1) is 8.56. The molecule has 0 aliphatic heterocycles. The van der Waals surface area contributed by atoms with Crippen LogP contribution >= 0.6 is 0 Å². The standard InChI is InChI=1S/C13H15F2N3/c1-4-16-13-11(8(2)17-18(13)3)12-9(14)6-5-7-10(12)15/h5-7,16H,4H2,1-3H3. The topological polar surface area (TPSA) is 29.9 Å². The zero-order chi connectivity index (χ0) is 13.3. The molecule has 1 aromatic carbocycles. The van der Waals surface area contributed by atoms with E-state index in [0.29, 0.717) is 23.6 Å². The first-order valence-electron chi connectivity index (χ1n) is 5.78. The predicted molar refractivity (Wildman–Crippen MR) is 67.5 cm³/mol. The molecule has 0 amide bonds. The van der Waals surface area contributed by atoms with Crippen molar-refractivity contribution in [3.05, 3.63) is 35.5 Å². The quantitative estimate of drug-likeness (QED) is 0.908. The van der Waals surface area contributed by atoms with Crippen LogP contribution < -0.4 is 5.32 Å². The molecular formula is C13H15F2N3. The van der Waals surface area contributed by atoms with Crippen LogP contribution in [0.3, 0.4) is 0 Å². The number of nitrogens with zero attached hydrogens (tertiary/aromatic N) is 2. The van der Waals surface area contributed by atoms with Gasteiger partial charge in [0.1, 0.15) is 17.5 Å². The third-order valence-corrected chi connectivity index (χ3v) is 2.78. The fraction of sp³-hybridized carbons (Fsp3) is 0.308. The minimum absolute atomic E-state index is 0.0287. The van der Waals surface area contributed by atoms with Crippen LogP contribution in [0.15, 0.2) is 18.2 Å².